The first-order valence-electron chi connectivity index (χ1n) is 8.29. The summed E-state index contributed by atoms with van der Waals surface area (Å²) in [6.45, 7) is 4.31. The van der Waals surface area contributed by atoms with Gasteiger partial charge in [-0.25, -0.2) is 0 Å². The van der Waals surface area contributed by atoms with Gasteiger partial charge in [-0.3, -0.25) is 0 Å². The van der Waals surface area contributed by atoms with Crippen LogP contribution in [0.15, 0.2) is 36.4 Å². The molecule has 2 rings (SSSR count). The molecule has 0 unspecified atom stereocenters. The lowest BCUT2D eigenvalue weighted by molar-refractivity contribution is 0.466. The highest BCUT2D eigenvalue weighted by Gasteiger charge is 2.07. The standard InChI is InChI=1S/C20H26O2/c1-3-5-7-17-13-15(9-11-19(17)21)16-10-12-20(22)18(14-16)8-6-4-2/h9-14,21-22H,3-8H2,1-2H3. The molecule has 0 spiro atoms. The lowest BCUT2D eigenvalue weighted by Crippen LogP contribution is -1.90. The number of rotatable bonds is 7. The minimum absolute atomic E-state index is 0.377. The third-order valence-electron chi connectivity index (χ3n) is 4.09. The van der Waals surface area contributed by atoms with Crippen LogP contribution in [0, 0.1) is 0 Å². The Kier molecular flexibility index (Phi) is 5.88. The van der Waals surface area contributed by atoms with E-state index in [1.165, 1.54) is 0 Å². The summed E-state index contributed by atoms with van der Waals surface area (Å²) in [6.07, 6.45) is 6.19. The smallest absolute Gasteiger partial charge is 0.118 e. The summed E-state index contributed by atoms with van der Waals surface area (Å²) < 4.78 is 0. The number of aromatic hydroxyl groups is 2. The summed E-state index contributed by atoms with van der Waals surface area (Å²) >= 11 is 0. The van der Waals surface area contributed by atoms with Crippen molar-refractivity contribution in [3.05, 3.63) is 47.5 Å². The van der Waals surface area contributed by atoms with Crippen molar-refractivity contribution in [1.29, 1.82) is 0 Å². The molecule has 0 aliphatic carbocycles. The maximum atomic E-state index is 9.98. The molecule has 0 saturated carbocycles. The van der Waals surface area contributed by atoms with Gasteiger partial charge < -0.3 is 10.2 Å². The molecule has 0 aliphatic rings. The number of phenols is 2. The average molecular weight is 298 g/mol. The first-order valence-corrected chi connectivity index (χ1v) is 8.29. The van der Waals surface area contributed by atoms with E-state index in [-0.39, 0.29) is 0 Å². The van der Waals surface area contributed by atoms with Crippen LogP contribution in [0.25, 0.3) is 11.1 Å². The van der Waals surface area contributed by atoms with Gasteiger partial charge in [0.05, 0.1) is 0 Å². The zero-order valence-corrected chi connectivity index (χ0v) is 13.6. The topological polar surface area (TPSA) is 40.5 Å². The minimum atomic E-state index is 0.377. The van der Waals surface area contributed by atoms with Crippen molar-refractivity contribution in [2.24, 2.45) is 0 Å². The fourth-order valence-electron chi connectivity index (χ4n) is 2.67. The molecule has 0 aromatic heterocycles. The first-order chi connectivity index (χ1) is 10.7. The number of aryl methyl sites for hydroxylation is 2. The Balaban J connectivity index is 2.30. The van der Waals surface area contributed by atoms with Crippen molar-refractivity contribution >= 4 is 0 Å². The molecule has 2 aromatic carbocycles. The zero-order chi connectivity index (χ0) is 15.9. The van der Waals surface area contributed by atoms with E-state index >= 15 is 0 Å². The number of unbranched alkanes of at least 4 members (excludes halogenated alkanes) is 2. The Morgan fingerprint density at radius 2 is 1.09 bits per heavy atom. The van der Waals surface area contributed by atoms with Gasteiger partial charge in [0.15, 0.2) is 0 Å². The Morgan fingerprint density at radius 1 is 0.682 bits per heavy atom. The second-order valence-electron chi connectivity index (χ2n) is 5.89. The molecule has 2 nitrogen and oxygen atoms in total. The summed E-state index contributed by atoms with van der Waals surface area (Å²) in [5, 5.41) is 20.0. The Labute approximate surface area is 133 Å². The van der Waals surface area contributed by atoms with Crippen LogP contribution in [0.3, 0.4) is 0 Å². The fraction of sp³-hybridized carbons (Fsp3) is 0.400. The van der Waals surface area contributed by atoms with Crippen molar-refractivity contribution in [2.45, 2.75) is 52.4 Å². The van der Waals surface area contributed by atoms with E-state index in [0.717, 1.165) is 60.8 Å². The van der Waals surface area contributed by atoms with Crippen LogP contribution < -0.4 is 0 Å². The van der Waals surface area contributed by atoms with Crippen molar-refractivity contribution in [1.82, 2.24) is 0 Å². The van der Waals surface area contributed by atoms with E-state index in [9.17, 15) is 10.2 Å². The maximum Gasteiger partial charge on any atom is 0.118 e. The van der Waals surface area contributed by atoms with Crippen LogP contribution in [-0.2, 0) is 12.8 Å². The van der Waals surface area contributed by atoms with Crippen LogP contribution in [0.5, 0.6) is 11.5 Å². The summed E-state index contributed by atoms with van der Waals surface area (Å²) in [5.41, 5.74) is 4.20. The highest BCUT2D eigenvalue weighted by molar-refractivity contribution is 5.67. The van der Waals surface area contributed by atoms with E-state index in [4.69, 9.17) is 0 Å². The predicted molar refractivity (Wildman–Crippen MR) is 92.4 cm³/mol. The molecule has 0 bridgehead atoms. The number of hydrogen-bond acceptors (Lipinski definition) is 2. The molecule has 2 N–H and O–H groups in total. The Morgan fingerprint density at radius 3 is 1.45 bits per heavy atom. The highest BCUT2D eigenvalue weighted by atomic mass is 16.3. The van der Waals surface area contributed by atoms with Gasteiger partial charge in [-0.1, -0.05) is 38.8 Å². The third-order valence-corrected chi connectivity index (χ3v) is 4.09. The van der Waals surface area contributed by atoms with Gasteiger partial charge in [0.1, 0.15) is 11.5 Å². The molecule has 0 heterocycles. The predicted octanol–water partition coefficient (Wildman–Crippen LogP) is 5.45. The van der Waals surface area contributed by atoms with Gasteiger partial charge in [-0.2, -0.15) is 0 Å². The minimum Gasteiger partial charge on any atom is -0.508 e. The number of hydrogen-bond donors (Lipinski definition) is 2. The first kappa shape index (κ1) is 16.4. The molecular formula is C20H26O2. The van der Waals surface area contributed by atoms with Gasteiger partial charge in [0.2, 0.25) is 0 Å². The van der Waals surface area contributed by atoms with Crippen LogP contribution in [0.1, 0.15) is 50.7 Å². The SMILES string of the molecule is CCCCc1cc(-c2ccc(O)c(CCCC)c2)ccc1O. The molecule has 0 radical (unpaired) electrons. The molecule has 0 fully saturated rings. The monoisotopic (exact) mass is 298 g/mol. The van der Waals surface area contributed by atoms with Crippen molar-refractivity contribution in [2.75, 3.05) is 0 Å². The summed E-state index contributed by atoms with van der Waals surface area (Å²) in [6, 6.07) is 11.6. The second-order valence-corrected chi connectivity index (χ2v) is 5.89. The van der Waals surface area contributed by atoms with Gasteiger partial charge in [-0.15, -0.1) is 0 Å². The van der Waals surface area contributed by atoms with Crippen LogP contribution in [-0.4, -0.2) is 10.2 Å². The molecular weight excluding hydrogens is 272 g/mol. The van der Waals surface area contributed by atoms with E-state index in [1.54, 1.807) is 12.1 Å². The van der Waals surface area contributed by atoms with E-state index in [1.807, 2.05) is 12.1 Å². The largest absolute Gasteiger partial charge is 0.508 e. The van der Waals surface area contributed by atoms with E-state index in [0.29, 0.717) is 11.5 Å². The molecule has 118 valence electrons. The maximum absolute atomic E-state index is 9.98. The summed E-state index contributed by atoms with van der Waals surface area (Å²) in [7, 11) is 0. The Hall–Kier alpha value is -1.96. The highest BCUT2D eigenvalue weighted by Crippen LogP contribution is 2.30. The van der Waals surface area contributed by atoms with Crippen molar-refractivity contribution in [3.8, 4) is 22.6 Å². The normalized spacial score (nSPS) is 10.8. The van der Waals surface area contributed by atoms with Gasteiger partial charge in [-0.05, 0) is 72.2 Å². The quantitative estimate of drug-likeness (QED) is 0.713. The van der Waals surface area contributed by atoms with Crippen molar-refractivity contribution in [3.63, 3.8) is 0 Å². The van der Waals surface area contributed by atoms with E-state index in [2.05, 4.69) is 26.0 Å². The molecule has 2 aromatic rings. The molecule has 0 aliphatic heterocycles. The average Bonchev–Trinajstić information content (AvgIpc) is 2.53. The fourth-order valence-corrected chi connectivity index (χ4v) is 2.67. The number of benzene rings is 2. The van der Waals surface area contributed by atoms with Gasteiger partial charge in [0.25, 0.3) is 0 Å². The van der Waals surface area contributed by atoms with Crippen LogP contribution in [0.4, 0.5) is 0 Å². The zero-order valence-electron chi connectivity index (χ0n) is 13.6. The molecule has 22 heavy (non-hydrogen) atoms. The van der Waals surface area contributed by atoms with Gasteiger partial charge >= 0.3 is 0 Å². The van der Waals surface area contributed by atoms with Gasteiger partial charge in [0, 0.05) is 0 Å². The second kappa shape index (κ2) is 7.88. The summed E-state index contributed by atoms with van der Waals surface area (Å²) in [5.74, 6) is 0.754. The summed E-state index contributed by atoms with van der Waals surface area (Å²) in [4.78, 5) is 0. The molecule has 0 amide bonds. The molecule has 0 atom stereocenters. The number of phenolic OH excluding ortho intramolecular Hbond substituents is 2. The lowest BCUT2D eigenvalue weighted by atomic mass is 9.96. The van der Waals surface area contributed by atoms with E-state index < -0.39 is 0 Å². The molecule has 2 heteroatoms. The van der Waals surface area contributed by atoms with Crippen molar-refractivity contribution < 1.29 is 10.2 Å². The van der Waals surface area contributed by atoms with Crippen LogP contribution in [0.2, 0.25) is 0 Å². The lowest BCUT2D eigenvalue weighted by Gasteiger charge is -2.10. The third kappa shape index (κ3) is 4.03. The van der Waals surface area contributed by atoms with Crippen LogP contribution >= 0.6 is 0 Å². The molecule has 0 saturated heterocycles. The Bertz CT molecular complexity index is 562.